The SMILES string of the molecule is CN=C(NCCOc1ccc(OC)cc1)NC1CC2CCC1O2.I. The third-order valence-electron chi connectivity index (χ3n) is 4.37. The molecule has 2 N–H and O–H groups in total. The molecule has 0 spiro atoms. The molecule has 2 heterocycles. The van der Waals surface area contributed by atoms with Crippen LogP contribution < -0.4 is 20.1 Å². The Morgan fingerprint density at radius 1 is 1.25 bits per heavy atom. The van der Waals surface area contributed by atoms with Gasteiger partial charge in [-0.2, -0.15) is 0 Å². The molecule has 0 amide bonds. The normalized spacial score (nSPS) is 25.1. The first-order chi connectivity index (χ1) is 11.3. The second kappa shape index (κ2) is 9.31. The Bertz CT molecular complexity index is 538. The second-order valence-corrected chi connectivity index (χ2v) is 5.88. The van der Waals surface area contributed by atoms with Crippen molar-refractivity contribution in [2.45, 2.75) is 37.5 Å². The number of fused-ring (bicyclic) bond motifs is 2. The highest BCUT2D eigenvalue weighted by atomic mass is 127. The molecule has 2 saturated heterocycles. The van der Waals surface area contributed by atoms with Crippen LogP contribution in [-0.4, -0.2) is 51.5 Å². The predicted molar refractivity (Wildman–Crippen MR) is 105 cm³/mol. The van der Waals surface area contributed by atoms with Crippen LogP contribution in [0.2, 0.25) is 0 Å². The summed E-state index contributed by atoms with van der Waals surface area (Å²) in [7, 11) is 3.44. The lowest BCUT2D eigenvalue weighted by Gasteiger charge is -2.22. The highest BCUT2D eigenvalue weighted by Gasteiger charge is 2.41. The number of halogens is 1. The number of ether oxygens (including phenoxy) is 3. The Morgan fingerprint density at radius 2 is 2.00 bits per heavy atom. The van der Waals surface area contributed by atoms with Crippen LogP contribution in [0.3, 0.4) is 0 Å². The number of aliphatic imine (C=N–C) groups is 1. The molecule has 3 rings (SSSR count). The molecule has 0 aliphatic carbocycles. The quantitative estimate of drug-likeness (QED) is 0.303. The lowest BCUT2D eigenvalue weighted by Crippen LogP contribution is -2.48. The summed E-state index contributed by atoms with van der Waals surface area (Å²) in [6.45, 7) is 1.26. The van der Waals surface area contributed by atoms with Crippen molar-refractivity contribution in [3.8, 4) is 11.5 Å². The summed E-state index contributed by atoms with van der Waals surface area (Å²) in [5.74, 6) is 2.47. The van der Waals surface area contributed by atoms with Gasteiger partial charge in [-0.1, -0.05) is 0 Å². The molecule has 3 unspecified atom stereocenters. The number of nitrogens with zero attached hydrogens (tertiary/aromatic N) is 1. The number of rotatable bonds is 6. The van der Waals surface area contributed by atoms with Crippen LogP contribution in [0.1, 0.15) is 19.3 Å². The predicted octanol–water partition coefficient (Wildman–Crippen LogP) is 2.18. The molecular formula is C17H26IN3O3. The maximum Gasteiger partial charge on any atom is 0.191 e. The standard InChI is InChI=1S/C17H25N3O3.HI/c1-18-17(20-15-11-14-7-8-16(15)23-14)19-9-10-22-13-5-3-12(21-2)4-6-13;/h3-6,14-16H,7-11H2,1-2H3,(H2,18,19,20);1H. The summed E-state index contributed by atoms with van der Waals surface area (Å²) in [5, 5.41) is 6.73. The molecule has 0 aromatic heterocycles. The number of nitrogens with one attached hydrogen (secondary N) is 2. The van der Waals surface area contributed by atoms with Crippen LogP contribution in [-0.2, 0) is 4.74 Å². The number of hydrogen-bond donors (Lipinski definition) is 2. The van der Waals surface area contributed by atoms with Gasteiger partial charge in [0, 0.05) is 7.05 Å². The van der Waals surface area contributed by atoms with Gasteiger partial charge in [0.05, 0.1) is 31.9 Å². The van der Waals surface area contributed by atoms with Crippen LogP contribution in [0.4, 0.5) is 0 Å². The number of guanidine groups is 1. The zero-order valence-corrected chi connectivity index (χ0v) is 16.5. The Morgan fingerprint density at radius 3 is 2.58 bits per heavy atom. The largest absolute Gasteiger partial charge is 0.497 e. The zero-order chi connectivity index (χ0) is 16.1. The van der Waals surface area contributed by atoms with E-state index in [4.69, 9.17) is 14.2 Å². The maximum atomic E-state index is 5.85. The average molecular weight is 447 g/mol. The van der Waals surface area contributed by atoms with Gasteiger partial charge in [0.15, 0.2) is 5.96 Å². The Balaban J connectivity index is 0.00000208. The first kappa shape index (κ1) is 19.1. The minimum atomic E-state index is 0. The van der Waals surface area contributed by atoms with Gasteiger partial charge in [-0.05, 0) is 43.5 Å². The van der Waals surface area contributed by atoms with E-state index in [1.54, 1.807) is 14.2 Å². The van der Waals surface area contributed by atoms with E-state index >= 15 is 0 Å². The molecule has 1 aromatic rings. The van der Waals surface area contributed by atoms with Crippen molar-refractivity contribution >= 4 is 29.9 Å². The Hall–Kier alpha value is -1.22. The van der Waals surface area contributed by atoms with Crippen LogP contribution in [0.25, 0.3) is 0 Å². The fraction of sp³-hybridized carbons (Fsp3) is 0.588. The first-order valence-electron chi connectivity index (χ1n) is 8.18. The highest BCUT2D eigenvalue weighted by molar-refractivity contribution is 14.0. The van der Waals surface area contributed by atoms with Crippen molar-refractivity contribution in [1.29, 1.82) is 0 Å². The molecule has 2 aliphatic rings. The van der Waals surface area contributed by atoms with Crippen LogP contribution in [0.15, 0.2) is 29.3 Å². The van der Waals surface area contributed by atoms with Crippen LogP contribution in [0.5, 0.6) is 11.5 Å². The monoisotopic (exact) mass is 447 g/mol. The lowest BCUT2D eigenvalue weighted by molar-refractivity contribution is 0.0992. The third-order valence-corrected chi connectivity index (χ3v) is 4.37. The minimum Gasteiger partial charge on any atom is -0.497 e. The van der Waals surface area contributed by atoms with Gasteiger partial charge in [-0.3, -0.25) is 4.99 Å². The van der Waals surface area contributed by atoms with E-state index in [0.29, 0.717) is 31.4 Å². The molecule has 24 heavy (non-hydrogen) atoms. The van der Waals surface area contributed by atoms with E-state index in [9.17, 15) is 0 Å². The zero-order valence-electron chi connectivity index (χ0n) is 14.2. The average Bonchev–Trinajstić information content (AvgIpc) is 3.21. The van der Waals surface area contributed by atoms with Gasteiger partial charge >= 0.3 is 0 Å². The van der Waals surface area contributed by atoms with E-state index < -0.39 is 0 Å². The summed E-state index contributed by atoms with van der Waals surface area (Å²) in [6.07, 6.45) is 4.21. The fourth-order valence-corrected chi connectivity index (χ4v) is 3.17. The van der Waals surface area contributed by atoms with Crippen molar-refractivity contribution in [3.05, 3.63) is 24.3 Å². The van der Waals surface area contributed by atoms with Gasteiger partial charge < -0.3 is 24.8 Å². The van der Waals surface area contributed by atoms with Crippen molar-refractivity contribution in [3.63, 3.8) is 0 Å². The summed E-state index contributed by atoms with van der Waals surface area (Å²) in [6, 6.07) is 7.95. The number of methoxy groups -OCH3 is 1. The Kier molecular flexibility index (Phi) is 7.41. The van der Waals surface area contributed by atoms with E-state index in [1.165, 1.54) is 6.42 Å². The molecule has 1 aromatic carbocycles. The molecule has 134 valence electrons. The summed E-state index contributed by atoms with van der Waals surface area (Å²) < 4.78 is 16.7. The molecule has 2 aliphatic heterocycles. The smallest absolute Gasteiger partial charge is 0.191 e. The van der Waals surface area contributed by atoms with Crippen molar-refractivity contribution < 1.29 is 14.2 Å². The third kappa shape index (κ3) is 4.89. The molecule has 6 nitrogen and oxygen atoms in total. The van der Waals surface area contributed by atoms with Crippen LogP contribution in [0, 0.1) is 0 Å². The van der Waals surface area contributed by atoms with Gasteiger partial charge in [0.1, 0.15) is 18.1 Å². The summed E-state index contributed by atoms with van der Waals surface area (Å²) >= 11 is 0. The lowest BCUT2D eigenvalue weighted by atomic mass is 9.96. The van der Waals surface area contributed by atoms with Gasteiger partial charge in [0.2, 0.25) is 0 Å². The molecule has 2 fully saturated rings. The minimum absolute atomic E-state index is 0. The van der Waals surface area contributed by atoms with Crippen LogP contribution >= 0.6 is 24.0 Å². The number of benzene rings is 1. The van der Waals surface area contributed by atoms with Crippen molar-refractivity contribution in [1.82, 2.24) is 10.6 Å². The van der Waals surface area contributed by atoms with Gasteiger partial charge in [-0.15, -0.1) is 24.0 Å². The molecule has 0 radical (unpaired) electrons. The molecular weight excluding hydrogens is 421 g/mol. The Labute approximate surface area is 160 Å². The fourth-order valence-electron chi connectivity index (χ4n) is 3.17. The van der Waals surface area contributed by atoms with Gasteiger partial charge in [-0.25, -0.2) is 0 Å². The molecule has 0 saturated carbocycles. The van der Waals surface area contributed by atoms with E-state index in [0.717, 1.165) is 30.3 Å². The van der Waals surface area contributed by atoms with Gasteiger partial charge in [0.25, 0.3) is 0 Å². The first-order valence-corrected chi connectivity index (χ1v) is 8.18. The molecule has 7 heteroatoms. The second-order valence-electron chi connectivity index (χ2n) is 5.88. The van der Waals surface area contributed by atoms with E-state index in [2.05, 4.69) is 15.6 Å². The van der Waals surface area contributed by atoms with E-state index in [-0.39, 0.29) is 24.0 Å². The maximum absolute atomic E-state index is 5.85. The topological polar surface area (TPSA) is 64.1 Å². The summed E-state index contributed by atoms with van der Waals surface area (Å²) in [4.78, 5) is 4.27. The van der Waals surface area contributed by atoms with Crippen molar-refractivity contribution in [2.75, 3.05) is 27.3 Å². The number of hydrogen-bond acceptors (Lipinski definition) is 4. The highest BCUT2D eigenvalue weighted by Crippen LogP contribution is 2.34. The summed E-state index contributed by atoms with van der Waals surface area (Å²) in [5.41, 5.74) is 0. The molecule has 2 bridgehead atoms. The molecule has 3 atom stereocenters. The van der Waals surface area contributed by atoms with Crippen molar-refractivity contribution in [2.24, 2.45) is 4.99 Å². The van der Waals surface area contributed by atoms with E-state index in [1.807, 2.05) is 24.3 Å².